The second-order valence-electron chi connectivity index (χ2n) is 3.42. The van der Waals surface area contributed by atoms with Gasteiger partial charge in [-0.2, -0.15) is 0 Å². The van der Waals surface area contributed by atoms with E-state index in [0.29, 0.717) is 0 Å². The molecule has 0 aromatic carbocycles. The predicted molar refractivity (Wildman–Crippen MR) is 50.4 cm³/mol. The summed E-state index contributed by atoms with van der Waals surface area (Å²) in [5.74, 6) is 0. The number of methoxy groups -OCH3 is 3. The molecule has 0 unspecified atom stereocenters. The van der Waals surface area contributed by atoms with E-state index in [1.807, 2.05) is 0 Å². The SMILES string of the molecule is COC[C@H]1O[C@H](OC)[C@H](O)[C@@H](OC)[C@H]1O. The molecule has 1 heterocycles. The van der Waals surface area contributed by atoms with Crippen LogP contribution in [0, 0.1) is 0 Å². The third-order valence-corrected chi connectivity index (χ3v) is 2.48. The zero-order valence-corrected chi connectivity index (χ0v) is 9.12. The Morgan fingerprint density at radius 3 is 2.20 bits per heavy atom. The Morgan fingerprint density at radius 1 is 1.07 bits per heavy atom. The quantitative estimate of drug-likeness (QED) is 0.618. The molecule has 1 aliphatic rings. The Bertz CT molecular complexity index is 187. The van der Waals surface area contributed by atoms with Crippen LogP contribution >= 0.6 is 0 Å². The first-order chi connectivity index (χ1) is 7.15. The van der Waals surface area contributed by atoms with Gasteiger partial charge in [-0.1, -0.05) is 0 Å². The molecule has 0 aliphatic carbocycles. The van der Waals surface area contributed by atoms with E-state index < -0.39 is 30.7 Å². The van der Waals surface area contributed by atoms with Gasteiger partial charge >= 0.3 is 0 Å². The molecule has 1 aliphatic heterocycles. The molecule has 6 heteroatoms. The van der Waals surface area contributed by atoms with Gasteiger partial charge in [-0.15, -0.1) is 0 Å². The van der Waals surface area contributed by atoms with Crippen LogP contribution in [-0.2, 0) is 18.9 Å². The minimum absolute atomic E-state index is 0.216. The zero-order valence-electron chi connectivity index (χ0n) is 9.12. The highest BCUT2D eigenvalue weighted by molar-refractivity contribution is 4.90. The molecule has 0 radical (unpaired) electrons. The maximum Gasteiger partial charge on any atom is 0.186 e. The Kier molecular flexibility index (Phi) is 4.91. The lowest BCUT2D eigenvalue weighted by atomic mass is 9.99. The van der Waals surface area contributed by atoms with Crippen LogP contribution in [0.15, 0.2) is 0 Å². The van der Waals surface area contributed by atoms with E-state index in [4.69, 9.17) is 18.9 Å². The maximum atomic E-state index is 9.80. The number of rotatable bonds is 4. The number of ether oxygens (including phenoxy) is 4. The fourth-order valence-corrected chi connectivity index (χ4v) is 1.68. The molecule has 5 atom stereocenters. The summed E-state index contributed by atoms with van der Waals surface area (Å²) in [5, 5.41) is 19.5. The van der Waals surface area contributed by atoms with E-state index in [0.717, 1.165) is 0 Å². The second-order valence-corrected chi connectivity index (χ2v) is 3.42. The lowest BCUT2D eigenvalue weighted by Crippen LogP contribution is -2.59. The Hall–Kier alpha value is -0.240. The summed E-state index contributed by atoms with van der Waals surface area (Å²) < 4.78 is 20.2. The molecule has 6 nitrogen and oxygen atoms in total. The molecule has 0 aromatic rings. The van der Waals surface area contributed by atoms with Gasteiger partial charge in [0.2, 0.25) is 0 Å². The minimum Gasteiger partial charge on any atom is -0.387 e. The highest BCUT2D eigenvalue weighted by Gasteiger charge is 2.44. The number of aliphatic hydroxyl groups is 2. The van der Waals surface area contributed by atoms with Crippen molar-refractivity contribution >= 4 is 0 Å². The monoisotopic (exact) mass is 222 g/mol. The van der Waals surface area contributed by atoms with Gasteiger partial charge in [0.1, 0.15) is 24.4 Å². The van der Waals surface area contributed by atoms with Crippen LogP contribution in [-0.4, -0.2) is 68.9 Å². The van der Waals surface area contributed by atoms with Crippen molar-refractivity contribution in [3.8, 4) is 0 Å². The summed E-state index contributed by atoms with van der Waals surface area (Å²) in [5.41, 5.74) is 0. The molecule has 0 saturated carbocycles. The third-order valence-electron chi connectivity index (χ3n) is 2.48. The van der Waals surface area contributed by atoms with Gasteiger partial charge in [-0.05, 0) is 0 Å². The lowest BCUT2D eigenvalue weighted by molar-refractivity contribution is -0.299. The van der Waals surface area contributed by atoms with Gasteiger partial charge in [-0.25, -0.2) is 0 Å². The van der Waals surface area contributed by atoms with Crippen LogP contribution < -0.4 is 0 Å². The fourth-order valence-electron chi connectivity index (χ4n) is 1.68. The van der Waals surface area contributed by atoms with Crippen LogP contribution in [0.5, 0.6) is 0 Å². The molecule has 0 spiro atoms. The van der Waals surface area contributed by atoms with Crippen LogP contribution in [0.4, 0.5) is 0 Å². The second kappa shape index (κ2) is 5.74. The molecule has 1 rings (SSSR count). The largest absolute Gasteiger partial charge is 0.387 e. The minimum atomic E-state index is -1.01. The van der Waals surface area contributed by atoms with Gasteiger partial charge in [0.15, 0.2) is 6.29 Å². The van der Waals surface area contributed by atoms with Crippen molar-refractivity contribution in [1.82, 2.24) is 0 Å². The molecule has 1 fully saturated rings. The standard InChI is InChI=1S/C9H18O6/c1-12-4-5-6(10)8(13-2)7(11)9(14-3)15-5/h5-11H,4H2,1-3H3/t5-,6+,7-,8+,9+/m1/s1. The van der Waals surface area contributed by atoms with E-state index >= 15 is 0 Å². The summed E-state index contributed by atoms with van der Waals surface area (Å²) in [6, 6.07) is 0. The molecule has 0 amide bonds. The smallest absolute Gasteiger partial charge is 0.186 e. The van der Waals surface area contributed by atoms with Crippen LogP contribution in [0.2, 0.25) is 0 Å². The molecule has 15 heavy (non-hydrogen) atoms. The summed E-state index contributed by atoms with van der Waals surface area (Å²) in [6.45, 7) is 0.216. The van der Waals surface area contributed by atoms with Crippen molar-refractivity contribution in [2.24, 2.45) is 0 Å². The van der Waals surface area contributed by atoms with Gasteiger partial charge in [0, 0.05) is 21.3 Å². The molecule has 1 saturated heterocycles. The Morgan fingerprint density at radius 2 is 1.73 bits per heavy atom. The molecule has 2 N–H and O–H groups in total. The average Bonchev–Trinajstić information content (AvgIpc) is 2.23. The summed E-state index contributed by atoms with van der Waals surface area (Å²) >= 11 is 0. The third kappa shape index (κ3) is 2.66. The zero-order chi connectivity index (χ0) is 11.4. The van der Waals surface area contributed by atoms with Crippen LogP contribution in [0.25, 0.3) is 0 Å². The molecule has 90 valence electrons. The van der Waals surface area contributed by atoms with E-state index in [9.17, 15) is 10.2 Å². The van der Waals surface area contributed by atoms with Gasteiger partial charge in [0.25, 0.3) is 0 Å². The van der Waals surface area contributed by atoms with Crippen molar-refractivity contribution in [1.29, 1.82) is 0 Å². The molecular formula is C9H18O6. The summed E-state index contributed by atoms with van der Waals surface area (Å²) in [6.07, 6.45) is -4.05. The maximum absolute atomic E-state index is 9.80. The van der Waals surface area contributed by atoms with Gasteiger partial charge in [-0.3, -0.25) is 0 Å². The first-order valence-corrected chi connectivity index (χ1v) is 4.71. The summed E-state index contributed by atoms with van der Waals surface area (Å²) in [7, 11) is 4.34. The molecule has 0 aromatic heterocycles. The normalized spacial score (nSPS) is 41.8. The highest BCUT2D eigenvalue weighted by atomic mass is 16.7. The number of hydrogen-bond acceptors (Lipinski definition) is 6. The van der Waals surface area contributed by atoms with E-state index in [1.54, 1.807) is 0 Å². The summed E-state index contributed by atoms with van der Waals surface area (Å²) in [4.78, 5) is 0. The lowest BCUT2D eigenvalue weighted by Gasteiger charge is -2.41. The Balaban J connectivity index is 2.70. The van der Waals surface area contributed by atoms with E-state index in [2.05, 4.69) is 0 Å². The van der Waals surface area contributed by atoms with Crippen molar-refractivity contribution in [3.63, 3.8) is 0 Å². The van der Waals surface area contributed by atoms with Gasteiger partial charge in [0.05, 0.1) is 6.61 Å². The molecule has 0 bridgehead atoms. The predicted octanol–water partition coefficient (Wildman–Crippen LogP) is -1.26. The van der Waals surface area contributed by atoms with Crippen molar-refractivity contribution in [3.05, 3.63) is 0 Å². The topological polar surface area (TPSA) is 77.4 Å². The van der Waals surface area contributed by atoms with Crippen molar-refractivity contribution in [2.75, 3.05) is 27.9 Å². The van der Waals surface area contributed by atoms with Crippen LogP contribution in [0.1, 0.15) is 0 Å². The fraction of sp³-hybridized carbons (Fsp3) is 1.00. The first-order valence-electron chi connectivity index (χ1n) is 4.71. The number of hydrogen-bond donors (Lipinski definition) is 2. The van der Waals surface area contributed by atoms with Crippen molar-refractivity contribution in [2.45, 2.75) is 30.7 Å². The first kappa shape index (κ1) is 12.8. The Labute approximate surface area is 88.7 Å². The van der Waals surface area contributed by atoms with Gasteiger partial charge < -0.3 is 29.2 Å². The number of aliphatic hydroxyl groups excluding tert-OH is 2. The van der Waals surface area contributed by atoms with E-state index in [1.165, 1.54) is 21.3 Å². The molecular weight excluding hydrogens is 204 g/mol. The van der Waals surface area contributed by atoms with Crippen LogP contribution in [0.3, 0.4) is 0 Å². The highest BCUT2D eigenvalue weighted by Crippen LogP contribution is 2.23. The van der Waals surface area contributed by atoms with E-state index in [-0.39, 0.29) is 6.61 Å². The van der Waals surface area contributed by atoms with Crippen molar-refractivity contribution < 1.29 is 29.2 Å². The average molecular weight is 222 g/mol.